The molecule has 0 radical (unpaired) electrons. The third-order valence-electron chi connectivity index (χ3n) is 2.94. The number of furan rings is 1. The molecule has 0 aliphatic rings. The highest BCUT2D eigenvalue weighted by molar-refractivity contribution is 9.10. The van der Waals surface area contributed by atoms with Crippen LogP contribution in [0.1, 0.15) is 35.6 Å². The van der Waals surface area contributed by atoms with Crippen molar-refractivity contribution < 1.29 is 9.21 Å². The minimum atomic E-state index is -0.0419. The van der Waals surface area contributed by atoms with Gasteiger partial charge in [0.2, 0.25) is 0 Å². The second kappa shape index (κ2) is 5.92. The zero-order chi connectivity index (χ0) is 14.0. The van der Waals surface area contributed by atoms with E-state index in [0.29, 0.717) is 21.8 Å². The maximum atomic E-state index is 12.2. The number of Topliss-reactive ketones (excluding diaryl/α,β-unsaturated/α-hetero) is 1. The van der Waals surface area contributed by atoms with Crippen LogP contribution in [0.3, 0.4) is 0 Å². The number of carbonyl (C=O) groups excluding carboxylic acids is 1. The molecule has 0 aliphatic carbocycles. The number of hydrogen-bond donors (Lipinski definition) is 0. The molecule has 0 fully saturated rings. The van der Waals surface area contributed by atoms with E-state index in [-0.39, 0.29) is 12.2 Å². The summed E-state index contributed by atoms with van der Waals surface area (Å²) in [7, 11) is 0. The van der Waals surface area contributed by atoms with Gasteiger partial charge in [0.15, 0.2) is 10.5 Å². The van der Waals surface area contributed by atoms with Crippen LogP contribution in [0.4, 0.5) is 0 Å². The van der Waals surface area contributed by atoms with E-state index in [1.807, 2.05) is 13.8 Å². The summed E-state index contributed by atoms with van der Waals surface area (Å²) in [4.78, 5) is 12.2. The van der Waals surface area contributed by atoms with Crippen LogP contribution in [0.25, 0.3) is 0 Å². The lowest BCUT2D eigenvalue weighted by atomic mass is 10.1. The lowest BCUT2D eigenvalue weighted by molar-refractivity contribution is 0.0989. The first-order valence-electron chi connectivity index (χ1n) is 6.08. The highest BCUT2D eigenvalue weighted by atomic mass is 79.9. The van der Waals surface area contributed by atoms with Crippen LogP contribution in [0.5, 0.6) is 0 Å². The van der Waals surface area contributed by atoms with Crippen LogP contribution in [0.15, 0.2) is 21.4 Å². The summed E-state index contributed by atoms with van der Waals surface area (Å²) in [5, 5.41) is 5.00. The number of rotatable bonds is 5. The monoisotopic (exact) mass is 344 g/mol. The molecule has 0 unspecified atom stereocenters. The summed E-state index contributed by atoms with van der Waals surface area (Å²) in [6.07, 6.45) is 2.45. The Balaban J connectivity index is 2.31. The summed E-state index contributed by atoms with van der Waals surface area (Å²) in [5.74, 6) is -0.0419. The Kier molecular flexibility index (Phi) is 4.47. The molecule has 0 saturated heterocycles. The van der Waals surface area contributed by atoms with Gasteiger partial charge in [0.25, 0.3) is 0 Å². The van der Waals surface area contributed by atoms with Gasteiger partial charge in [-0.05, 0) is 35.3 Å². The predicted molar refractivity (Wildman–Crippen MR) is 76.7 cm³/mol. The van der Waals surface area contributed by atoms with Crippen molar-refractivity contribution in [2.24, 2.45) is 0 Å². The summed E-state index contributed by atoms with van der Waals surface area (Å²) in [5.41, 5.74) is 2.12. The third kappa shape index (κ3) is 2.77. The van der Waals surface area contributed by atoms with E-state index < -0.39 is 0 Å². The summed E-state index contributed by atoms with van der Waals surface area (Å²) in [6.45, 7) is 4.66. The molecule has 102 valence electrons. The average Bonchev–Trinajstić information content (AvgIpc) is 2.95. The summed E-state index contributed by atoms with van der Waals surface area (Å²) >= 11 is 9.49. The van der Waals surface area contributed by atoms with E-state index in [4.69, 9.17) is 16.0 Å². The molecule has 2 rings (SSSR count). The predicted octanol–water partition coefficient (Wildman–Crippen LogP) is 3.90. The Hall–Kier alpha value is -1.07. The highest BCUT2D eigenvalue weighted by Crippen LogP contribution is 2.25. The quantitative estimate of drug-likeness (QED) is 0.772. The number of halogens is 2. The number of hydrogen-bond acceptors (Lipinski definition) is 3. The topological polar surface area (TPSA) is 48.0 Å². The van der Waals surface area contributed by atoms with Crippen molar-refractivity contribution >= 4 is 33.3 Å². The smallest absolute Gasteiger partial charge is 0.179 e. The van der Waals surface area contributed by atoms with Gasteiger partial charge in [-0.15, -0.1) is 0 Å². The van der Waals surface area contributed by atoms with Crippen molar-refractivity contribution in [1.82, 2.24) is 9.78 Å². The first kappa shape index (κ1) is 14.3. The van der Waals surface area contributed by atoms with Crippen molar-refractivity contribution in [3.05, 3.63) is 39.0 Å². The number of nitrogens with zero attached hydrogens (tertiary/aromatic N) is 2. The molecular formula is C13H14BrClN2O2. The van der Waals surface area contributed by atoms with E-state index in [9.17, 15) is 4.79 Å². The highest BCUT2D eigenvalue weighted by Gasteiger charge is 2.20. The fourth-order valence-corrected chi connectivity index (χ4v) is 2.72. The van der Waals surface area contributed by atoms with Crippen molar-refractivity contribution in [3.63, 3.8) is 0 Å². The Morgan fingerprint density at radius 1 is 1.53 bits per heavy atom. The van der Waals surface area contributed by atoms with E-state index in [2.05, 4.69) is 21.0 Å². The molecule has 0 bridgehead atoms. The molecule has 0 spiro atoms. The molecule has 0 N–H and O–H groups in total. The molecule has 0 atom stereocenters. The zero-order valence-electron chi connectivity index (χ0n) is 10.7. The maximum Gasteiger partial charge on any atom is 0.179 e. The van der Waals surface area contributed by atoms with Crippen molar-refractivity contribution in [2.45, 2.75) is 33.2 Å². The Morgan fingerprint density at radius 3 is 2.79 bits per heavy atom. The van der Waals surface area contributed by atoms with Gasteiger partial charge in [-0.2, -0.15) is 5.10 Å². The third-order valence-corrected chi connectivity index (χ3v) is 3.99. The van der Waals surface area contributed by atoms with Crippen LogP contribution >= 0.6 is 27.5 Å². The number of aromatic nitrogens is 2. The second-order valence-electron chi connectivity index (χ2n) is 4.08. The maximum absolute atomic E-state index is 12.2. The van der Waals surface area contributed by atoms with Crippen molar-refractivity contribution in [1.29, 1.82) is 0 Å². The molecule has 0 saturated carbocycles. The van der Waals surface area contributed by atoms with Gasteiger partial charge in [0.05, 0.1) is 34.7 Å². The largest absolute Gasteiger partial charge is 0.457 e. The number of carbonyl (C=O) groups is 1. The number of aryl methyl sites for hydroxylation is 2. The van der Waals surface area contributed by atoms with Gasteiger partial charge in [0, 0.05) is 6.54 Å². The minimum Gasteiger partial charge on any atom is -0.457 e. The van der Waals surface area contributed by atoms with Gasteiger partial charge in [-0.3, -0.25) is 9.48 Å². The fraction of sp³-hybridized carbons (Fsp3) is 0.385. The molecule has 2 heterocycles. The Labute approximate surface area is 124 Å². The average molecular weight is 346 g/mol. The SMILES string of the molecule is CCc1nn(CC)c(CC(=O)c2ccoc2Br)c1Cl. The molecule has 0 aliphatic heterocycles. The van der Waals surface area contributed by atoms with Crippen LogP contribution in [0, 0.1) is 0 Å². The lowest BCUT2D eigenvalue weighted by Gasteiger charge is -2.04. The molecule has 19 heavy (non-hydrogen) atoms. The fourth-order valence-electron chi connectivity index (χ4n) is 1.93. The van der Waals surface area contributed by atoms with E-state index in [0.717, 1.165) is 17.8 Å². The number of ketones is 1. The first-order valence-corrected chi connectivity index (χ1v) is 7.25. The van der Waals surface area contributed by atoms with Crippen LogP contribution < -0.4 is 0 Å². The summed E-state index contributed by atoms with van der Waals surface area (Å²) < 4.78 is 7.31. The van der Waals surface area contributed by atoms with E-state index in [1.54, 1.807) is 10.7 Å². The van der Waals surface area contributed by atoms with Gasteiger partial charge >= 0.3 is 0 Å². The lowest BCUT2D eigenvalue weighted by Crippen LogP contribution is -2.10. The summed E-state index contributed by atoms with van der Waals surface area (Å²) in [6, 6.07) is 1.65. The van der Waals surface area contributed by atoms with Gasteiger partial charge in [0.1, 0.15) is 0 Å². The van der Waals surface area contributed by atoms with Gasteiger partial charge < -0.3 is 4.42 Å². The second-order valence-corrected chi connectivity index (χ2v) is 5.18. The standard InChI is InChI=1S/C13H14BrClN2O2/c1-3-9-12(15)10(17(4-2)16-9)7-11(18)8-5-6-19-13(8)14/h5-6H,3-4,7H2,1-2H3. The van der Waals surface area contributed by atoms with Crippen LogP contribution in [0.2, 0.25) is 5.02 Å². The molecule has 2 aromatic rings. The Morgan fingerprint density at radius 2 is 2.26 bits per heavy atom. The van der Waals surface area contributed by atoms with Crippen molar-refractivity contribution in [2.75, 3.05) is 0 Å². The molecule has 2 aromatic heterocycles. The normalized spacial score (nSPS) is 10.9. The molecule has 6 heteroatoms. The molecule has 0 amide bonds. The molecule has 4 nitrogen and oxygen atoms in total. The van der Waals surface area contributed by atoms with Gasteiger partial charge in [-0.1, -0.05) is 18.5 Å². The van der Waals surface area contributed by atoms with Crippen LogP contribution in [-0.2, 0) is 19.4 Å². The van der Waals surface area contributed by atoms with Gasteiger partial charge in [-0.25, -0.2) is 0 Å². The first-order chi connectivity index (χ1) is 9.08. The van der Waals surface area contributed by atoms with Crippen molar-refractivity contribution in [3.8, 4) is 0 Å². The van der Waals surface area contributed by atoms with E-state index >= 15 is 0 Å². The van der Waals surface area contributed by atoms with Crippen LogP contribution in [-0.4, -0.2) is 15.6 Å². The minimum absolute atomic E-state index is 0.0419. The van der Waals surface area contributed by atoms with E-state index in [1.165, 1.54) is 6.26 Å². The molecule has 0 aromatic carbocycles. The molecular weight excluding hydrogens is 332 g/mol. The Bertz CT molecular complexity index is 604. The zero-order valence-corrected chi connectivity index (χ0v) is 13.1.